The highest BCUT2D eigenvalue weighted by molar-refractivity contribution is 5.90. The molecule has 0 saturated heterocycles. The van der Waals surface area contributed by atoms with Crippen LogP contribution in [-0.2, 0) is 4.84 Å². The molecule has 0 aromatic heterocycles. The fourth-order valence-corrected chi connectivity index (χ4v) is 1.19. The predicted octanol–water partition coefficient (Wildman–Crippen LogP) is 0.854. The number of anilines is 1. The Labute approximate surface area is 114 Å². The molecule has 0 aliphatic carbocycles. The van der Waals surface area contributed by atoms with Gasteiger partial charge in [-0.2, -0.15) is 0 Å². The first kappa shape index (κ1) is 17.2. The van der Waals surface area contributed by atoms with Gasteiger partial charge in [0.15, 0.2) is 11.5 Å². The van der Waals surface area contributed by atoms with Crippen molar-refractivity contribution in [2.45, 2.75) is 0 Å². The van der Waals surface area contributed by atoms with Gasteiger partial charge in [-0.15, -0.1) is 10.1 Å². The molecule has 0 radical (unpaired) electrons. The van der Waals surface area contributed by atoms with Gasteiger partial charge in [-0.05, 0) is 12.1 Å². The number of methoxy groups -OCH3 is 2. The lowest BCUT2D eigenvalue weighted by molar-refractivity contribution is -0.742. The summed E-state index contributed by atoms with van der Waals surface area (Å²) in [6.07, 6.45) is 0. The molecule has 0 bridgehead atoms. The van der Waals surface area contributed by atoms with Crippen LogP contribution in [0, 0.1) is 15.5 Å². The first-order valence-corrected chi connectivity index (χ1v) is 5.14. The second-order valence-electron chi connectivity index (χ2n) is 3.11. The summed E-state index contributed by atoms with van der Waals surface area (Å²) in [6.45, 7) is 0. The molecule has 10 heteroatoms. The summed E-state index contributed by atoms with van der Waals surface area (Å²) in [4.78, 5) is 12.9. The molecule has 0 spiro atoms. The lowest BCUT2D eigenvalue weighted by atomic mass is 10.3. The van der Waals surface area contributed by atoms with E-state index in [1.54, 1.807) is 32.4 Å². The Balaban J connectivity index is 0.000000796. The molecule has 10 nitrogen and oxygen atoms in total. The van der Waals surface area contributed by atoms with Crippen LogP contribution in [0.2, 0.25) is 0 Å². The molecular formula is C10H16N4O6. The summed E-state index contributed by atoms with van der Waals surface area (Å²) in [5, 5.41) is 23.9. The molecule has 0 fully saturated rings. The summed E-state index contributed by atoms with van der Waals surface area (Å²) in [6, 6.07) is 5.25. The number of nitrogens with one attached hydrogen (secondary N) is 3. The van der Waals surface area contributed by atoms with E-state index in [1.165, 1.54) is 7.11 Å². The van der Waals surface area contributed by atoms with Crippen molar-refractivity contribution >= 4 is 11.6 Å². The van der Waals surface area contributed by atoms with Crippen molar-refractivity contribution < 1.29 is 24.6 Å². The van der Waals surface area contributed by atoms with Crippen LogP contribution in [0.1, 0.15) is 0 Å². The molecule has 0 aliphatic heterocycles. The van der Waals surface area contributed by atoms with Gasteiger partial charge in [-0.3, -0.25) is 10.2 Å². The van der Waals surface area contributed by atoms with Gasteiger partial charge in [0.25, 0.3) is 5.09 Å². The lowest BCUT2D eigenvalue weighted by Gasteiger charge is -2.11. The number of hydrogen-bond acceptors (Lipinski definition) is 6. The third-order valence-electron chi connectivity index (χ3n) is 1.86. The van der Waals surface area contributed by atoms with Gasteiger partial charge >= 0.3 is 0 Å². The first-order chi connectivity index (χ1) is 9.44. The molecule has 1 rings (SSSR count). The van der Waals surface area contributed by atoms with E-state index in [0.29, 0.717) is 17.2 Å². The van der Waals surface area contributed by atoms with Crippen LogP contribution in [0.5, 0.6) is 11.5 Å². The molecule has 112 valence electrons. The van der Waals surface area contributed by atoms with Crippen LogP contribution in [-0.4, -0.2) is 37.6 Å². The minimum atomic E-state index is -1.50. The Morgan fingerprint density at radius 1 is 1.30 bits per heavy atom. The quantitative estimate of drug-likeness (QED) is 0.277. The van der Waals surface area contributed by atoms with Gasteiger partial charge in [-0.25, -0.2) is 5.48 Å². The summed E-state index contributed by atoms with van der Waals surface area (Å²) >= 11 is 0. The number of hydroxylamine groups is 1. The van der Waals surface area contributed by atoms with Gasteiger partial charge in [0.2, 0.25) is 5.96 Å². The molecule has 0 amide bonds. The fourth-order valence-electron chi connectivity index (χ4n) is 1.19. The van der Waals surface area contributed by atoms with Crippen molar-refractivity contribution in [3.63, 3.8) is 0 Å². The number of nitrogens with zero attached hydrogens (tertiary/aromatic N) is 1. The lowest BCUT2D eigenvalue weighted by Crippen LogP contribution is -2.28. The van der Waals surface area contributed by atoms with Crippen molar-refractivity contribution in [1.29, 1.82) is 5.41 Å². The number of rotatable bonds is 4. The van der Waals surface area contributed by atoms with E-state index in [-0.39, 0.29) is 5.96 Å². The number of ether oxygens (including phenoxy) is 2. The van der Waals surface area contributed by atoms with Crippen LogP contribution in [0.15, 0.2) is 18.2 Å². The van der Waals surface area contributed by atoms with Crippen molar-refractivity contribution in [3.8, 4) is 11.5 Å². The van der Waals surface area contributed by atoms with E-state index in [9.17, 15) is 0 Å². The fraction of sp³-hybridized carbons (Fsp3) is 0.300. The smallest absolute Gasteiger partial charge is 0.291 e. The van der Waals surface area contributed by atoms with E-state index < -0.39 is 5.09 Å². The Morgan fingerprint density at radius 2 is 1.85 bits per heavy atom. The van der Waals surface area contributed by atoms with Crippen LogP contribution >= 0.6 is 0 Å². The van der Waals surface area contributed by atoms with Crippen molar-refractivity contribution in [2.24, 2.45) is 0 Å². The summed E-state index contributed by atoms with van der Waals surface area (Å²) in [5.74, 6) is 1.27. The molecule has 1 aromatic carbocycles. The summed E-state index contributed by atoms with van der Waals surface area (Å²) in [5.41, 5.74) is 3.06. The largest absolute Gasteiger partial charge is 0.493 e. The van der Waals surface area contributed by atoms with E-state index in [1.807, 2.05) is 0 Å². The SMILES string of the molecule is CONC(=N)Nc1ccc(OC)c(OC)c1.O=[N+]([O-])O. The maximum Gasteiger partial charge on any atom is 0.291 e. The van der Waals surface area contributed by atoms with Gasteiger partial charge in [0, 0.05) is 11.8 Å². The molecule has 20 heavy (non-hydrogen) atoms. The van der Waals surface area contributed by atoms with E-state index >= 15 is 0 Å². The molecule has 0 aliphatic rings. The molecule has 0 unspecified atom stereocenters. The molecule has 4 N–H and O–H groups in total. The zero-order chi connectivity index (χ0) is 15.5. The van der Waals surface area contributed by atoms with Gasteiger partial charge in [-0.1, -0.05) is 0 Å². The average Bonchev–Trinajstić information content (AvgIpc) is 2.38. The van der Waals surface area contributed by atoms with Crippen LogP contribution < -0.4 is 20.3 Å². The highest BCUT2D eigenvalue weighted by Gasteiger charge is 2.05. The molecule has 0 atom stereocenters. The highest BCUT2D eigenvalue weighted by Crippen LogP contribution is 2.29. The van der Waals surface area contributed by atoms with Crippen LogP contribution in [0.3, 0.4) is 0 Å². The van der Waals surface area contributed by atoms with Gasteiger partial charge < -0.3 is 20.0 Å². The highest BCUT2D eigenvalue weighted by atomic mass is 16.9. The zero-order valence-corrected chi connectivity index (χ0v) is 11.2. The molecular weight excluding hydrogens is 272 g/mol. The standard InChI is InChI=1S/C10H15N3O3.HNO3/c1-14-8-5-4-7(6-9(8)15-2)12-10(11)13-16-3;2-1(3)4/h4-6H,1-3H3,(H3,11,12,13);(H,2,3,4). The summed E-state index contributed by atoms with van der Waals surface area (Å²) < 4.78 is 10.2. The van der Waals surface area contributed by atoms with Crippen LogP contribution in [0.25, 0.3) is 0 Å². The first-order valence-electron chi connectivity index (χ1n) is 5.14. The minimum absolute atomic E-state index is 0.0368. The van der Waals surface area contributed by atoms with Gasteiger partial charge in [0.1, 0.15) is 0 Å². The molecule has 0 saturated carbocycles. The summed E-state index contributed by atoms with van der Waals surface area (Å²) in [7, 11) is 4.56. The Hall–Kier alpha value is -2.75. The Kier molecular flexibility index (Phi) is 7.95. The van der Waals surface area contributed by atoms with Crippen LogP contribution in [0.4, 0.5) is 5.69 Å². The second-order valence-corrected chi connectivity index (χ2v) is 3.11. The molecule has 0 heterocycles. The van der Waals surface area contributed by atoms with E-state index in [0.717, 1.165) is 0 Å². The minimum Gasteiger partial charge on any atom is -0.493 e. The monoisotopic (exact) mass is 288 g/mol. The number of hydrogen-bond donors (Lipinski definition) is 4. The Morgan fingerprint density at radius 3 is 2.30 bits per heavy atom. The van der Waals surface area contributed by atoms with Crippen molar-refractivity contribution in [3.05, 3.63) is 28.3 Å². The van der Waals surface area contributed by atoms with Gasteiger partial charge in [0.05, 0.1) is 21.3 Å². The third kappa shape index (κ3) is 6.86. The predicted molar refractivity (Wildman–Crippen MR) is 69.8 cm³/mol. The number of guanidine groups is 1. The van der Waals surface area contributed by atoms with E-state index in [2.05, 4.69) is 15.6 Å². The number of benzene rings is 1. The topological polar surface area (TPSA) is 139 Å². The van der Waals surface area contributed by atoms with Crippen molar-refractivity contribution in [2.75, 3.05) is 26.6 Å². The van der Waals surface area contributed by atoms with Crippen molar-refractivity contribution in [1.82, 2.24) is 5.48 Å². The maximum atomic E-state index is 8.36. The maximum absolute atomic E-state index is 8.36. The Bertz CT molecular complexity index is 449. The zero-order valence-electron chi connectivity index (χ0n) is 11.2. The average molecular weight is 288 g/mol. The molecule has 1 aromatic rings. The van der Waals surface area contributed by atoms with E-state index in [4.69, 9.17) is 30.2 Å². The third-order valence-corrected chi connectivity index (χ3v) is 1.86. The normalized spacial score (nSPS) is 8.75. The second kappa shape index (κ2) is 9.22.